The SMILES string of the molecule is C1=C\C[C@H]2CNC[C@H]2/C=C\C/1. The topological polar surface area (TPSA) is 12.0 Å². The lowest BCUT2D eigenvalue weighted by atomic mass is 9.91. The van der Waals surface area contributed by atoms with Crippen molar-refractivity contribution in [1.82, 2.24) is 5.32 Å². The van der Waals surface area contributed by atoms with E-state index in [4.69, 9.17) is 0 Å². The molecule has 0 aromatic carbocycles. The van der Waals surface area contributed by atoms with Crippen LogP contribution >= 0.6 is 0 Å². The van der Waals surface area contributed by atoms with Crippen LogP contribution in [0.1, 0.15) is 12.8 Å². The maximum absolute atomic E-state index is 3.43. The summed E-state index contributed by atoms with van der Waals surface area (Å²) in [4.78, 5) is 0. The monoisotopic (exact) mass is 149 g/mol. The molecular weight excluding hydrogens is 134 g/mol. The minimum Gasteiger partial charge on any atom is -0.316 e. The molecule has 11 heavy (non-hydrogen) atoms. The standard InChI is InChI=1S/C10H15N/c1-2-4-6-10-8-11-7-9(10)5-3-1/h1,3-4,6,9-11H,2,5,7-8H2/b3-1-,6-4-/t9-,10+/m0/s1. The zero-order valence-electron chi connectivity index (χ0n) is 6.79. The van der Waals surface area contributed by atoms with E-state index < -0.39 is 0 Å². The quantitative estimate of drug-likeness (QED) is 0.517. The molecule has 1 heteroatoms. The second kappa shape index (κ2) is 3.22. The number of hydrogen-bond acceptors (Lipinski definition) is 1. The molecule has 1 heterocycles. The molecule has 2 rings (SSSR count). The highest BCUT2D eigenvalue weighted by Crippen LogP contribution is 2.23. The van der Waals surface area contributed by atoms with Gasteiger partial charge >= 0.3 is 0 Å². The van der Waals surface area contributed by atoms with Crippen LogP contribution in [0.3, 0.4) is 0 Å². The van der Waals surface area contributed by atoms with Gasteiger partial charge < -0.3 is 5.32 Å². The molecule has 1 aliphatic heterocycles. The Labute approximate surface area is 68.2 Å². The second-order valence-electron chi connectivity index (χ2n) is 3.45. The first-order valence-corrected chi connectivity index (χ1v) is 4.49. The lowest BCUT2D eigenvalue weighted by Crippen LogP contribution is -2.09. The first-order valence-electron chi connectivity index (χ1n) is 4.49. The van der Waals surface area contributed by atoms with Crippen LogP contribution in [-0.2, 0) is 0 Å². The van der Waals surface area contributed by atoms with Gasteiger partial charge in [0.05, 0.1) is 0 Å². The maximum Gasteiger partial charge on any atom is 0.00175 e. The molecule has 1 aliphatic carbocycles. The van der Waals surface area contributed by atoms with Gasteiger partial charge in [0.2, 0.25) is 0 Å². The minimum absolute atomic E-state index is 0.806. The summed E-state index contributed by atoms with van der Waals surface area (Å²) < 4.78 is 0. The lowest BCUT2D eigenvalue weighted by Gasteiger charge is -2.13. The van der Waals surface area contributed by atoms with Crippen LogP contribution in [0.15, 0.2) is 24.3 Å². The maximum atomic E-state index is 3.43. The Balaban J connectivity index is 2.07. The fourth-order valence-electron chi connectivity index (χ4n) is 1.94. The molecule has 0 bridgehead atoms. The predicted molar refractivity (Wildman–Crippen MR) is 47.4 cm³/mol. The summed E-state index contributed by atoms with van der Waals surface area (Å²) >= 11 is 0. The first-order chi connectivity index (χ1) is 5.47. The van der Waals surface area contributed by atoms with Gasteiger partial charge in [-0.2, -0.15) is 0 Å². The highest BCUT2D eigenvalue weighted by Gasteiger charge is 2.23. The largest absolute Gasteiger partial charge is 0.316 e. The molecule has 0 saturated carbocycles. The van der Waals surface area contributed by atoms with Crippen LogP contribution in [0.4, 0.5) is 0 Å². The number of nitrogens with one attached hydrogen (secondary N) is 1. The van der Waals surface area contributed by atoms with Crippen molar-refractivity contribution in [2.45, 2.75) is 12.8 Å². The van der Waals surface area contributed by atoms with Crippen LogP contribution in [0, 0.1) is 11.8 Å². The molecule has 0 radical (unpaired) electrons. The Kier molecular flexibility index (Phi) is 2.08. The van der Waals surface area contributed by atoms with E-state index in [0.717, 1.165) is 18.3 Å². The van der Waals surface area contributed by atoms with Crippen molar-refractivity contribution in [3.05, 3.63) is 24.3 Å². The summed E-state index contributed by atoms with van der Waals surface area (Å²) in [5.74, 6) is 1.67. The summed E-state index contributed by atoms with van der Waals surface area (Å²) in [7, 11) is 0. The van der Waals surface area contributed by atoms with Crippen molar-refractivity contribution in [3.63, 3.8) is 0 Å². The molecule has 1 nitrogen and oxygen atoms in total. The summed E-state index contributed by atoms with van der Waals surface area (Å²) in [5, 5.41) is 3.43. The Morgan fingerprint density at radius 3 is 3.09 bits per heavy atom. The van der Waals surface area contributed by atoms with Gasteiger partial charge in [0, 0.05) is 6.54 Å². The second-order valence-corrected chi connectivity index (χ2v) is 3.45. The predicted octanol–water partition coefficient (Wildman–Crippen LogP) is 1.73. The number of hydrogen-bond donors (Lipinski definition) is 1. The van der Waals surface area contributed by atoms with Gasteiger partial charge in [0.25, 0.3) is 0 Å². The summed E-state index contributed by atoms with van der Waals surface area (Å²) in [6.07, 6.45) is 11.7. The van der Waals surface area contributed by atoms with Gasteiger partial charge in [0.15, 0.2) is 0 Å². The highest BCUT2D eigenvalue weighted by atomic mass is 14.9. The lowest BCUT2D eigenvalue weighted by molar-refractivity contribution is 0.497. The minimum atomic E-state index is 0.806. The summed E-state index contributed by atoms with van der Waals surface area (Å²) in [6.45, 7) is 2.40. The molecule has 0 aromatic heterocycles. The van der Waals surface area contributed by atoms with Crippen LogP contribution in [0.25, 0.3) is 0 Å². The molecule has 0 unspecified atom stereocenters. The third-order valence-electron chi connectivity index (χ3n) is 2.65. The van der Waals surface area contributed by atoms with Crippen molar-refractivity contribution >= 4 is 0 Å². The van der Waals surface area contributed by atoms with E-state index in [2.05, 4.69) is 29.6 Å². The van der Waals surface area contributed by atoms with Gasteiger partial charge in [-0.25, -0.2) is 0 Å². The molecule has 0 aromatic rings. The average Bonchev–Trinajstić information content (AvgIpc) is 2.35. The van der Waals surface area contributed by atoms with Crippen LogP contribution in [0.5, 0.6) is 0 Å². The molecule has 1 saturated heterocycles. The third kappa shape index (κ3) is 1.54. The first kappa shape index (κ1) is 7.11. The van der Waals surface area contributed by atoms with Gasteiger partial charge in [-0.1, -0.05) is 24.3 Å². The molecular formula is C10H15N. The van der Waals surface area contributed by atoms with Gasteiger partial charge in [0.1, 0.15) is 0 Å². The van der Waals surface area contributed by atoms with E-state index in [0.29, 0.717) is 0 Å². The summed E-state index contributed by atoms with van der Waals surface area (Å²) in [6, 6.07) is 0. The number of rotatable bonds is 0. The van der Waals surface area contributed by atoms with Crippen LogP contribution < -0.4 is 5.32 Å². The van der Waals surface area contributed by atoms with E-state index in [1.54, 1.807) is 0 Å². The molecule has 2 atom stereocenters. The van der Waals surface area contributed by atoms with Crippen molar-refractivity contribution < 1.29 is 0 Å². The highest BCUT2D eigenvalue weighted by molar-refractivity contribution is 5.04. The molecule has 1 fully saturated rings. The Hall–Kier alpha value is -0.560. The molecule has 0 amide bonds. The zero-order chi connectivity index (χ0) is 7.52. The van der Waals surface area contributed by atoms with Crippen molar-refractivity contribution in [3.8, 4) is 0 Å². The van der Waals surface area contributed by atoms with Crippen molar-refractivity contribution in [2.75, 3.05) is 13.1 Å². The smallest absolute Gasteiger partial charge is 0.00175 e. The van der Waals surface area contributed by atoms with E-state index in [9.17, 15) is 0 Å². The fourth-order valence-corrected chi connectivity index (χ4v) is 1.94. The number of fused-ring (bicyclic) bond motifs is 1. The van der Waals surface area contributed by atoms with Gasteiger partial charge in [-0.05, 0) is 31.2 Å². The van der Waals surface area contributed by atoms with Crippen LogP contribution in [0.2, 0.25) is 0 Å². The van der Waals surface area contributed by atoms with Crippen molar-refractivity contribution in [1.29, 1.82) is 0 Å². The number of allylic oxidation sites excluding steroid dienone is 3. The Morgan fingerprint density at radius 1 is 1.09 bits per heavy atom. The molecule has 0 spiro atoms. The van der Waals surface area contributed by atoms with Crippen molar-refractivity contribution in [2.24, 2.45) is 11.8 Å². The fraction of sp³-hybridized carbons (Fsp3) is 0.600. The van der Waals surface area contributed by atoms with Crippen LogP contribution in [-0.4, -0.2) is 13.1 Å². The normalized spacial score (nSPS) is 42.2. The Morgan fingerprint density at radius 2 is 2.09 bits per heavy atom. The van der Waals surface area contributed by atoms with E-state index in [1.165, 1.54) is 19.5 Å². The Bertz CT molecular complexity index is 181. The van der Waals surface area contributed by atoms with E-state index >= 15 is 0 Å². The third-order valence-corrected chi connectivity index (χ3v) is 2.65. The van der Waals surface area contributed by atoms with Gasteiger partial charge in [-0.15, -0.1) is 0 Å². The average molecular weight is 149 g/mol. The molecule has 1 N–H and O–H groups in total. The molecule has 60 valence electrons. The van der Waals surface area contributed by atoms with E-state index in [-0.39, 0.29) is 0 Å². The van der Waals surface area contributed by atoms with Gasteiger partial charge in [-0.3, -0.25) is 0 Å². The van der Waals surface area contributed by atoms with E-state index in [1.807, 2.05) is 0 Å². The molecule has 2 aliphatic rings. The zero-order valence-corrected chi connectivity index (χ0v) is 6.79. The summed E-state index contributed by atoms with van der Waals surface area (Å²) in [5.41, 5.74) is 0.